The van der Waals surface area contributed by atoms with Gasteiger partial charge in [0, 0.05) is 25.2 Å². The lowest BCUT2D eigenvalue weighted by atomic mass is 10.1. The van der Waals surface area contributed by atoms with Gasteiger partial charge in [0.25, 0.3) is 0 Å². The van der Waals surface area contributed by atoms with Gasteiger partial charge in [-0.15, -0.1) is 10.2 Å². The van der Waals surface area contributed by atoms with Crippen molar-refractivity contribution in [1.29, 1.82) is 0 Å². The van der Waals surface area contributed by atoms with E-state index in [-0.39, 0.29) is 0 Å². The molecule has 1 aliphatic heterocycles. The second-order valence-electron chi connectivity index (χ2n) is 5.83. The summed E-state index contributed by atoms with van der Waals surface area (Å²) < 4.78 is 6.99. The SMILES string of the molecule is COc1ccc(-c2cc(N3CCCNCC3)c3nncn3n2)cc1. The molecule has 0 aliphatic carbocycles. The van der Waals surface area contributed by atoms with Crippen molar-refractivity contribution >= 4 is 11.3 Å². The Labute approximate surface area is 140 Å². The number of nitrogens with zero attached hydrogens (tertiary/aromatic N) is 5. The summed E-state index contributed by atoms with van der Waals surface area (Å²) in [5.41, 5.74) is 3.82. The Balaban J connectivity index is 1.78. The number of hydrogen-bond acceptors (Lipinski definition) is 6. The number of ether oxygens (including phenoxy) is 1. The molecule has 0 bridgehead atoms. The maximum absolute atomic E-state index is 5.23. The average molecular weight is 324 g/mol. The quantitative estimate of drug-likeness (QED) is 0.789. The molecule has 0 spiro atoms. The second kappa shape index (κ2) is 6.45. The van der Waals surface area contributed by atoms with E-state index in [9.17, 15) is 0 Å². The lowest BCUT2D eigenvalue weighted by molar-refractivity contribution is 0.415. The molecule has 7 heteroatoms. The number of rotatable bonds is 3. The summed E-state index contributed by atoms with van der Waals surface area (Å²) in [4.78, 5) is 2.36. The smallest absolute Gasteiger partial charge is 0.200 e. The fraction of sp³-hybridized carbons (Fsp3) is 0.353. The molecule has 7 nitrogen and oxygen atoms in total. The molecule has 2 aromatic heterocycles. The van der Waals surface area contributed by atoms with Gasteiger partial charge in [-0.25, -0.2) is 0 Å². The predicted molar refractivity (Wildman–Crippen MR) is 92.5 cm³/mol. The minimum absolute atomic E-state index is 0.800. The van der Waals surface area contributed by atoms with Crippen molar-refractivity contribution in [3.63, 3.8) is 0 Å². The molecule has 3 heterocycles. The molecule has 1 fully saturated rings. The third kappa shape index (κ3) is 2.78. The highest BCUT2D eigenvalue weighted by molar-refractivity contribution is 5.74. The van der Waals surface area contributed by atoms with Crippen LogP contribution in [0, 0.1) is 0 Å². The molecule has 124 valence electrons. The summed E-state index contributed by atoms with van der Waals surface area (Å²) in [6, 6.07) is 10.0. The maximum Gasteiger partial charge on any atom is 0.200 e. The van der Waals surface area contributed by atoms with Crippen molar-refractivity contribution in [1.82, 2.24) is 25.1 Å². The van der Waals surface area contributed by atoms with Crippen LogP contribution in [0.1, 0.15) is 6.42 Å². The van der Waals surface area contributed by atoms with Gasteiger partial charge in [0.1, 0.15) is 12.1 Å². The van der Waals surface area contributed by atoms with Gasteiger partial charge in [-0.05, 0) is 43.3 Å². The molecular formula is C17H20N6O. The summed E-state index contributed by atoms with van der Waals surface area (Å²) in [6.45, 7) is 3.98. The Morgan fingerprint density at radius 1 is 1.12 bits per heavy atom. The van der Waals surface area contributed by atoms with Gasteiger partial charge in [0.2, 0.25) is 5.65 Å². The van der Waals surface area contributed by atoms with E-state index in [0.29, 0.717) is 0 Å². The third-order valence-electron chi connectivity index (χ3n) is 4.32. The lowest BCUT2D eigenvalue weighted by Crippen LogP contribution is -2.28. The van der Waals surface area contributed by atoms with Gasteiger partial charge >= 0.3 is 0 Å². The molecule has 4 rings (SSSR count). The molecule has 1 aliphatic rings. The maximum atomic E-state index is 5.23. The van der Waals surface area contributed by atoms with Gasteiger partial charge in [-0.3, -0.25) is 0 Å². The zero-order valence-electron chi connectivity index (χ0n) is 13.6. The van der Waals surface area contributed by atoms with Crippen LogP contribution in [0.4, 0.5) is 5.69 Å². The van der Waals surface area contributed by atoms with Gasteiger partial charge in [0.15, 0.2) is 0 Å². The van der Waals surface area contributed by atoms with Crippen molar-refractivity contribution < 1.29 is 4.74 Å². The van der Waals surface area contributed by atoms with E-state index in [4.69, 9.17) is 4.74 Å². The van der Waals surface area contributed by atoms with Crippen LogP contribution in [0.15, 0.2) is 36.7 Å². The molecule has 3 aromatic rings. The molecule has 0 amide bonds. The first kappa shape index (κ1) is 14.9. The Morgan fingerprint density at radius 2 is 2.00 bits per heavy atom. The fourth-order valence-corrected chi connectivity index (χ4v) is 3.03. The van der Waals surface area contributed by atoms with E-state index in [1.54, 1.807) is 18.0 Å². The van der Waals surface area contributed by atoms with Crippen LogP contribution in [0.3, 0.4) is 0 Å². The number of hydrogen-bond donors (Lipinski definition) is 1. The van der Waals surface area contributed by atoms with E-state index in [2.05, 4.69) is 31.6 Å². The van der Waals surface area contributed by atoms with Crippen molar-refractivity contribution in [2.45, 2.75) is 6.42 Å². The normalized spacial score (nSPS) is 15.5. The third-order valence-corrected chi connectivity index (χ3v) is 4.32. The number of anilines is 1. The predicted octanol–water partition coefficient (Wildman–Crippen LogP) is 1.60. The minimum Gasteiger partial charge on any atom is -0.497 e. The van der Waals surface area contributed by atoms with Crippen molar-refractivity contribution in [3.8, 4) is 17.0 Å². The highest BCUT2D eigenvalue weighted by atomic mass is 16.5. The molecule has 0 saturated carbocycles. The number of nitrogens with one attached hydrogen (secondary N) is 1. The molecule has 1 saturated heterocycles. The molecular weight excluding hydrogens is 304 g/mol. The second-order valence-corrected chi connectivity index (χ2v) is 5.83. The van der Waals surface area contributed by atoms with E-state index >= 15 is 0 Å². The Kier molecular flexibility index (Phi) is 4.00. The Hall–Kier alpha value is -2.67. The number of benzene rings is 1. The molecule has 0 radical (unpaired) electrons. The van der Waals surface area contributed by atoms with Crippen LogP contribution < -0.4 is 15.0 Å². The van der Waals surface area contributed by atoms with Crippen LogP contribution >= 0.6 is 0 Å². The average Bonchev–Trinajstić information content (AvgIpc) is 2.94. The largest absolute Gasteiger partial charge is 0.497 e. The summed E-state index contributed by atoms with van der Waals surface area (Å²) in [5.74, 6) is 0.836. The monoisotopic (exact) mass is 324 g/mol. The van der Waals surface area contributed by atoms with Crippen molar-refractivity contribution in [2.75, 3.05) is 38.2 Å². The van der Waals surface area contributed by atoms with Crippen LogP contribution in [0.2, 0.25) is 0 Å². The zero-order chi connectivity index (χ0) is 16.4. The summed E-state index contributed by atoms with van der Waals surface area (Å²) >= 11 is 0. The lowest BCUT2D eigenvalue weighted by Gasteiger charge is -2.22. The topological polar surface area (TPSA) is 67.6 Å². The van der Waals surface area contributed by atoms with Gasteiger partial charge < -0.3 is 15.0 Å². The Bertz CT molecular complexity index is 821. The fourth-order valence-electron chi connectivity index (χ4n) is 3.03. The van der Waals surface area contributed by atoms with Gasteiger partial charge in [-0.1, -0.05) is 0 Å². The van der Waals surface area contributed by atoms with E-state index < -0.39 is 0 Å². The molecule has 0 unspecified atom stereocenters. The highest BCUT2D eigenvalue weighted by Crippen LogP contribution is 2.27. The van der Waals surface area contributed by atoms with Crippen molar-refractivity contribution in [3.05, 3.63) is 36.7 Å². The van der Waals surface area contributed by atoms with Crippen molar-refractivity contribution in [2.24, 2.45) is 0 Å². The van der Waals surface area contributed by atoms with Crippen LogP contribution in [0.25, 0.3) is 16.9 Å². The molecule has 0 atom stereocenters. The summed E-state index contributed by atoms with van der Waals surface area (Å²) in [6.07, 6.45) is 2.77. The van der Waals surface area contributed by atoms with E-state index in [1.807, 2.05) is 24.3 Å². The van der Waals surface area contributed by atoms with Gasteiger partial charge in [0.05, 0.1) is 18.5 Å². The molecule has 1 N–H and O–H groups in total. The zero-order valence-corrected chi connectivity index (χ0v) is 13.6. The van der Waals surface area contributed by atoms with Crippen LogP contribution in [-0.4, -0.2) is 53.1 Å². The molecule has 1 aromatic carbocycles. The summed E-state index contributed by atoms with van der Waals surface area (Å²) in [7, 11) is 1.67. The number of fused-ring (bicyclic) bond motifs is 1. The van der Waals surface area contributed by atoms with Crippen LogP contribution in [0.5, 0.6) is 5.75 Å². The first-order valence-electron chi connectivity index (χ1n) is 8.16. The highest BCUT2D eigenvalue weighted by Gasteiger charge is 2.17. The molecule has 24 heavy (non-hydrogen) atoms. The van der Waals surface area contributed by atoms with Crippen LogP contribution in [-0.2, 0) is 0 Å². The number of methoxy groups -OCH3 is 1. The minimum atomic E-state index is 0.800. The number of aromatic nitrogens is 4. The summed E-state index contributed by atoms with van der Waals surface area (Å²) in [5, 5.41) is 16.4. The van der Waals surface area contributed by atoms with Gasteiger partial charge in [-0.2, -0.15) is 9.61 Å². The first-order chi connectivity index (χ1) is 11.8. The van der Waals surface area contributed by atoms with E-state index in [1.165, 1.54) is 0 Å². The van der Waals surface area contributed by atoms with E-state index in [0.717, 1.165) is 60.9 Å². The standard InChI is InChI=1S/C17H20N6O/c1-24-14-5-3-13(4-6-14)15-11-16(17-20-19-12-23(17)21-15)22-9-2-7-18-8-10-22/h3-6,11-12,18H,2,7-10H2,1H3. The first-order valence-corrected chi connectivity index (χ1v) is 8.16. The Morgan fingerprint density at radius 3 is 2.83 bits per heavy atom.